The molecule has 7 nitrogen and oxygen atoms in total. The molecule has 0 aliphatic carbocycles. The number of para-hydroxylation sites is 2. The number of rotatable bonds is 9. The van der Waals surface area contributed by atoms with E-state index in [1.807, 2.05) is 70.9 Å². The molecule has 5 aromatic rings. The van der Waals surface area contributed by atoms with Gasteiger partial charge in [-0.1, -0.05) is 36.4 Å². The van der Waals surface area contributed by atoms with Crippen LogP contribution >= 0.6 is 11.3 Å². The minimum atomic E-state index is -0.635. The number of aliphatic hydroxyl groups is 1. The topological polar surface area (TPSA) is 95.0 Å². The van der Waals surface area contributed by atoms with E-state index in [0.29, 0.717) is 30.8 Å². The van der Waals surface area contributed by atoms with Crippen molar-refractivity contribution in [3.8, 4) is 16.3 Å². The summed E-state index contributed by atoms with van der Waals surface area (Å²) in [6, 6.07) is 23.0. The Morgan fingerprint density at radius 3 is 2.68 bits per heavy atom. The van der Waals surface area contributed by atoms with Gasteiger partial charge in [-0.3, -0.25) is 4.79 Å². The molecule has 1 unspecified atom stereocenters. The zero-order chi connectivity index (χ0) is 23.3. The molecule has 5 rings (SSSR count). The van der Waals surface area contributed by atoms with Crippen molar-refractivity contribution in [2.45, 2.75) is 12.6 Å². The third-order valence-corrected chi connectivity index (χ3v) is 6.40. The lowest BCUT2D eigenvalue weighted by molar-refractivity contribution is 0.184. The highest BCUT2D eigenvalue weighted by Crippen LogP contribution is 2.27. The third kappa shape index (κ3) is 4.94. The van der Waals surface area contributed by atoms with Crippen molar-refractivity contribution in [1.82, 2.24) is 20.1 Å². The lowest BCUT2D eigenvalue weighted by atomic mass is 10.2. The van der Waals surface area contributed by atoms with E-state index in [9.17, 15) is 9.90 Å². The fourth-order valence-electron chi connectivity index (χ4n) is 3.84. The number of benzene rings is 2. The molecule has 0 amide bonds. The first-order valence-electron chi connectivity index (χ1n) is 11.1. The quantitative estimate of drug-likeness (QED) is 0.261. The van der Waals surface area contributed by atoms with Gasteiger partial charge in [0.25, 0.3) is 0 Å². The van der Waals surface area contributed by atoms with E-state index in [1.165, 1.54) is 6.07 Å². The van der Waals surface area contributed by atoms with E-state index in [1.54, 1.807) is 17.4 Å². The van der Waals surface area contributed by atoms with Crippen LogP contribution in [0.5, 0.6) is 0 Å². The highest BCUT2D eigenvalue weighted by atomic mass is 32.1. The number of hydrogen-bond acceptors (Lipinski definition) is 6. The molecule has 0 saturated carbocycles. The molecule has 0 aliphatic heterocycles. The second-order valence-corrected chi connectivity index (χ2v) is 8.97. The molecular weight excluding hydrogens is 446 g/mol. The molecule has 2 aromatic carbocycles. The van der Waals surface area contributed by atoms with Crippen molar-refractivity contribution in [2.24, 2.45) is 0 Å². The Hall–Kier alpha value is -3.72. The first-order valence-corrected chi connectivity index (χ1v) is 12.0. The van der Waals surface area contributed by atoms with Crippen LogP contribution in [-0.2, 0) is 6.54 Å². The van der Waals surface area contributed by atoms with Crippen molar-refractivity contribution in [2.75, 3.05) is 18.4 Å². The van der Waals surface area contributed by atoms with Crippen LogP contribution in [0.3, 0.4) is 0 Å². The summed E-state index contributed by atoms with van der Waals surface area (Å²) in [4.78, 5) is 16.6. The molecule has 34 heavy (non-hydrogen) atoms. The second kappa shape index (κ2) is 10.0. The number of H-pyrrole nitrogens is 1. The minimum absolute atomic E-state index is 0.0546. The highest BCUT2D eigenvalue weighted by Gasteiger charge is 2.14. The molecule has 0 aliphatic rings. The van der Waals surface area contributed by atoms with Crippen molar-refractivity contribution >= 4 is 28.1 Å². The monoisotopic (exact) mass is 471 g/mol. The maximum absolute atomic E-state index is 12.3. The Morgan fingerprint density at radius 1 is 1.03 bits per heavy atom. The Morgan fingerprint density at radius 2 is 1.85 bits per heavy atom. The normalized spacial score (nSPS) is 12.1. The smallest absolute Gasteiger partial charge is 0.191 e. The molecule has 0 radical (unpaired) electrons. The van der Waals surface area contributed by atoms with E-state index in [2.05, 4.69) is 21.7 Å². The standard InChI is InChI=1S/C26H25N5O2S/c32-20(16-28-25-13-23(33)21-9-4-5-10-22(21)29-25)15-27-14-18-17-31(19-7-2-1-3-8-19)30-26(18)24-11-6-12-34-24/h1-13,17,20,27,32H,14-16H2,(H2,28,29,33). The second-order valence-electron chi connectivity index (χ2n) is 8.02. The van der Waals surface area contributed by atoms with Gasteiger partial charge in [-0.2, -0.15) is 5.10 Å². The molecular formula is C26H25N5O2S. The van der Waals surface area contributed by atoms with Gasteiger partial charge in [-0.05, 0) is 35.7 Å². The Balaban J connectivity index is 1.22. The average Bonchev–Trinajstić information content (AvgIpc) is 3.54. The summed E-state index contributed by atoms with van der Waals surface area (Å²) >= 11 is 1.65. The van der Waals surface area contributed by atoms with Crippen molar-refractivity contribution < 1.29 is 5.11 Å². The average molecular weight is 472 g/mol. The lowest BCUT2D eigenvalue weighted by Crippen LogP contribution is -2.32. The van der Waals surface area contributed by atoms with Gasteiger partial charge in [0.1, 0.15) is 11.5 Å². The predicted octanol–water partition coefficient (Wildman–Crippen LogP) is 4.00. The summed E-state index contributed by atoms with van der Waals surface area (Å²) in [5, 5.41) is 24.4. The zero-order valence-electron chi connectivity index (χ0n) is 18.4. The van der Waals surface area contributed by atoms with Gasteiger partial charge in [0.2, 0.25) is 0 Å². The highest BCUT2D eigenvalue weighted by molar-refractivity contribution is 7.13. The molecule has 8 heteroatoms. The minimum Gasteiger partial charge on any atom is -0.390 e. The maximum atomic E-state index is 12.3. The molecule has 3 heterocycles. The number of pyridine rings is 1. The molecule has 4 N–H and O–H groups in total. The Kier molecular flexibility index (Phi) is 6.53. The summed E-state index contributed by atoms with van der Waals surface area (Å²) in [6.07, 6.45) is 1.39. The number of nitrogens with one attached hydrogen (secondary N) is 3. The summed E-state index contributed by atoms with van der Waals surface area (Å²) in [5.41, 5.74) is 3.71. The number of anilines is 1. The first-order chi connectivity index (χ1) is 16.7. The predicted molar refractivity (Wildman–Crippen MR) is 138 cm³/mol. The number of thiophene rings is 1. The molecule has 172 valence electrons. The van der Waals surface area contributed by atoms with Gasteiger partial charge in [0, 0.05) is 42.8 Å². The largest absolute Gasteiger partial charge is 0.390 e. The third-order valence-electron chi connectivity index (χ3n) is 5.53. The first kappa shape index (κ1) is 22.1. The number of fused-ring (bicyclic) bond motifs is 1. The van der Waals surface area contributed by atoms with Crippen molar-refractivity contribution in [3.05, 3.63) is 100 Å². The fraction of sp³-hybridized carbons (Fsp3) is 0.154. The van der Waals surface area contributed by atoms with Crippen LogP contribution in [-0.4, -0.2) is 39.1 Å². The van der Waals surface area contributed by atoms with Gasteiger partial charge in [0.05, 0.1) is 22.2 Å². The van der Waals surface area contributed by atoms with E-state index >= 15 is 0 Å². The van der Waals surface area contributed by atoms with Crippen molar-refractivity contribution in [3.63, 3.8) is 0 Å². The summed E-state index contributed by atoms with van der Waals surface area (Å²) in [7, 11) is 0. The lowest BCUT2D eigenvalue weighted by Gasteiger charge is -2.14. The number of aliphatic hydroxyl groups excluding tert-OH is 1. The van der Waals surface area contributed by atoms with Crippen LogP contribution < -0.4 is 16.1 Å². The van der Waals surface area contributed by atoms with E-state index in [-0.39, 0.29) is 5.43 Å². The van der Waals surface area contributed by atoms with Crippen LogP contribution in [0.2, 0.25) is 0 Å². The Labute approximate surface area is 200 Å². The van der Waals surface area contributed by atoms with Crippen LogP contribution in [0, 0.1) is 0 Å². The number of aromatic amines is 1. The fourth-order valence-corrected chi connectivity index (χ4v) is 4.58. The van der Waals surface area contributed by atoms with Gasteiger partial charge < -0.3 is 20.7 Å². The Bertz CT molecular complexity index is 1430. The van der Waals surface area contributed by atoms with E-state index < -0.39 is 6.10 Å². The number of nitrogens with zero attached hydrogens (tertiary/aromatic N) is 2. The van der Waals surface area contributed by atoms with Crippen LogP contribution in [0.4, 0.5) is 5.82 Å². The van der Waals surface area contributed by atoms with Crippen LogP contribution in [0.1, 0.15) is 5.56 Å². The molecule has 0 fully saturated rings. The molecule has 3 aromatic heterocycles. The van der Waals surface area contributed by atoms with Crippen LogP contribution in [0.25, 0.3) is 27.2 Å². The summed E-state index contributed by atoms with van der Waals surface area (Å²) in [5.74, 6) is 0.590. The van der Waals surface area contributed by atoms with Gasteiger partial charge in [-0.15, -0.1) is 11.3 Å². The van der Waals surface area contributed by atoms with E-state index in [4.69, 9.17) is 5.10 Å². The van der Waals surface area contributed by atoms with Crippen molar-refractivity contribution in [1.29, 1.82) is 0 Å². The number of hydrogen-bond donors (Lipinski definition) is 4. The van der Waals surface area contributed by atoms with E-state index in [0.717, 1.165) is 27.3 Å². The van der Waals surface area contributed by atoms with Crippen LogP contribution in [0.15, 0.2) is 89.2 Å². The molecule has 0 saturated heterocycles. The maximum Gasteiger partial charge on any atom is 0.191 e. The molecule has 0 bridgehead atoms. The SMILES string of the molecule is O=c1cc(NCC(O)CNCc2cn(-c3ccccc3)nc2-c2cccs2)[nH]c2ccccc12. The summed E-state index contributed by atoms with van der Waals surface area (Å²) in [6.45, 7) is 1.28. The number of aromatic nitrogens is 3. The van der Waals surface area contributed by atoms with Gasteiger partial charge >= 0.3 is 0 Å². The molecule has 0 spiro atoms. The van der Waals surface area contributed by atoms with Gasteiger partial charge in [-0.25, -0.2) is 4.68 Å². The zero-order valence-corrected chi connectivity index (χ0v) is 19.3. The van der Waals surface area contributed by atoms with Gasteiger partial charge in [0.15, 0.2) is 5.43 Å². The molecule has 1 atom stereocenters. The summed E-state index contributed by atoms with van der Waals surface area (Å²) < 4.78 is 1.89.